The molecule has 0 aromatic rings. The van der Waals surface area contributed by atoms with Crippen molar-refractivity contribution in [1.82, 2.24) is 0 Å². The van der Waals surface area contributed by atoms with E-state index < -0.39 is 42.4 Å². The molecule has 1 rings (SSSR count). The molecule has 33 heavy (non-hydrogen) atoms. The highest BCUT2D eigenvalue weighted by atomic mass is 19.3. The molecule has 1 heterocycles. The van der Waals surface area contributed by atoms with E-state index in [1.807, 2.05) is 0 Å². The molecule has 1 aliphatic heterocycles. The Kier molecular flexibility index (Phi) is 15.9. The molecule has 0 saturated carbocycles. The Bertz CT molecular complexity index is 478. The summed E-state index contributed by atoms with van der Waals surface area (Å²) in [5.41, 5.74) is 0. The van der Waals surface area contributed by atoms with Gasteiger partial charge in [-0.05, 0) is 25.7 Å². The second-order valence-electron chi connectivity index (χ2n) is 9.42. The molecule has 1 fully saturated rings. The van der Waals surface area contributed by atoms with Crippen molar-refractivity contribution in [2.75, 3.05) is 33.0 Å². The van der Waals surface area contributed by atoms with Crippen LogP contribution in [0, 0.1) is 5.92 Å². The second kappa shape index (κ2) is 17.1. The first kappa shape index (κ1) is 30.7. The molecule has 0 radical (unpaired) electrons. The number of hydrogen-bond donors (Lipinski definition) is 0. The third-order valence-electron chi connectivity index (χ3n) is 6.13. The van der Waals surface area contributed by atoms with E-state index in [4.69, 9.17) is 23.7 Å². The minimum absolute atomic E-state index is 0.205. The molecule has 0 aliphatic carbocycles. The fourth-order valence-corrected chi connectivity index (χ4v) is 3.80. The van der Waals surface area contributed by atoms with E-state index in [1.54, 1.807) is 0 Å². The van der Waals surface area contributed by atoms with E-state index in [1.165, 1.54) is 13.8 Å². The van der Waals surface area contributed by atoms with Crippen molar-refractivity contribution in [1.29, 1.82) is 0 Å². The van der Waals surface area contributed by atoms with E-state index in [-0.39, 0.29) is 6.61 Å². The summed E-state index contributed by atoms with van der Waals surface area (Å²) < 4.78 is 61.5. The topological polar surface area (TPSA) is 46.2 Å². The number of unbranched alkanes of at least 4 members (excludes halogenated alkanes) is 4. The smallest absolute Gasteiger partial charge is 0.278 e. The summed E-state index contributed by atoms with van der Waals surface area (Å²) in [6.07, 6.45) is 3.23. The van der Waals surface area contributed by atoms with Gasteiger partial charge in [0, 0.05) is 32.3 Å². The number of halogens is 2. The van der Waals surface area contributed by atoms with Crippen molar-refractivity contribution in [3.63, 3.8) is 0 Å². The van der Waals surface area contributed by atoms with E-state index in [2.05, 4.69) is 27.7 Å². The predicted octanol–water partition coefficient (Wildman–Crippen LogP) is 6.42. The van der Waals surface area contributed by atoms with Gasteiger partial charge in [0.25, 0.3) is 5.92 Å². The van der Waals surface area contributed by atoms with Crippen molar-refractivity contribution in [3.8, 4) is 0 Å². The fraction of sp³-hybridized carbons (Fsp3) is 1.00. The highest BCUT2D eigenvalue weighted by molar-refractivity contribution is 5.01. The summed E-state index contributed by atoms with van der Waals surface area (Å²) in [4.78, 5) is 0. The van der Waals surface area contributed by atoms with Crippen LogP contribution in [-0.2, 0) is 23.7 Å². The molecule has 0 aromatic carbocycles. The maximum Gasteiger partial charge on any atom is 0.278 e. The predicted molar refractivity (Wildman–Crippen MR) is 128 cm³/mol. The second-order valence-corrected chi connectivity index (χ2v) is 9.42. The SMILES string of the molecule is CCCCOC[C@H]1O[C@@H](C(F)(F)C(C)C)[C@H](OCCCC)[C@@H](OCCCC)[C@H]1OCCCC. The lowest BCUT2D eigenvalue weighted by molar-refractivity contribution is -0.311. The maximum atomic E-state index is 15.5. The average Bonchev–Trinajstić information content (AvgIpc) is 2.78. The van der Waals surface area contributed by atoms with Crippen LogP contribution >= 0.6 is 0 Å². The fourth-order valence-electron chi connectivity index (χ4n) is 3.80. The number of ether oxygens (including phenoxy) is 5. The molecule has 0 spiro atoms. The van der Waals surface area contributed by atoms with E-state index in [0.717, 1.165) is 51.4 Å². The van der Waals surface area contributed by atoms with Gasteiger partial charge in [-0.1, -0.05) is 67.2 Å². The first-order valence-corrected chi connectivity index (χ1v) is 13.3. The standard InChI is InChI=1S/C26H50F2O5/c1-7-11-15-29-19-21-22(30-16-12-8-2)23(31-17-13-9-3)24(32-18-14-10-4)25(33-21)26(27,28)20(5)6/h20-25H,7-19H2,1-6H3/t21-,22+,23+,24-,25-/m1/s1. The van der Waals surface area contributed by atoms with Crippen LogP contribution in [0.4, 0.5) is 8.78 Å². The minimum Gasteiger partial charge on any atom is -0.379 e. The quantitative estimate of drug-likeness (QED) is 0.200. The number of rotatable bonds is 19. The van der Waals surface area contributed by atoms with Gasteiger partial charge in [0.15, 0.2) is 6.10 Å². The van der Waals surface area contributed by atoms with Crippen molar-refractivity contribution < 1.29 is 32.5 Å². The monoisotopic (exact) mass is 480 g/mol. The molecule has 0 aromatic heterocycles. The number of alkyl halides is 2. The summed E-state index contributed by atoms with van der Waals surface area (Å²) in [6, 6.07) is 0. The van der Waals surface area contributed by atoms with Crippen LogP contribution < -0.4 is 0 Å². The van der Waals surface area contributed by atoms with E-state index in [9.17, 15) is 0 Å². The van der Waals surface area contributed by atoms with Gasteiger partial charge in [0.05, 0.1) is 6.61 Å². The summed E-state index contributed by atoms with van der Waals surface area (Å²) in [5.74, 6) is -3.96. The maximum absolute atomic E-state index is 15.5. The van der Waals surface area contributed by atoms with E-state index >= 15 is 8.78 Å². The molecule has 0 unspecified atom stereocenters. The molecule has 7 heteroatoms. The third kappa shape index (κ3) is 10.0. The van der Waals surface area contributed by atoms with Crippen LogP contribution in [-0.4, -0.2) is 69.5 Å². The third-order valence-corrected chi connectivity index (χ3v) is 6.13. The van der Waals surface area contributed by atoms with Crippen molar-refractivity contribution in [3.05, 3.63) is 0 Å². The Labute approximate surface area is 201 Å². The molecular formula is C26H50F2O5. The van der Waals surface area contributed by atoms with Gasteiger partial charge < -0.3 is 23.7 Å². The van der Waals surface area contributed by atoms with Crippen LogP contribution in [0.5, 0.6) is 0 Å². The number of hydrogen-bond acceptors (Lipinski definition) is 5. The molecule has 1 aliphatic rings. The van der Waals surface area contributed by atoms with Gasteiger partial charge in [0.1, 0.15) is 24.4 Å². The highest BCUT2D eigenvalue weighted by Crippen LogP contribution is 2.40. The van der Waals surface area contributed by atoms with Crippen LogP contribution in [0.25, 0.3) is 0 Å². The molecule has 0 amide bonds. The van der Waals surface area contributed by atoms with Crippen LogP contribution in [0.1, 0.15) is 92.9 Å². The summed E-state index contributed by atoms with van der Waals surface area (Å²) in [6.45, 7) is 13.5. The first-order chi connectivity index (χ1) is 15.8. The zero-order valence-electron chi connectivity index (χ0n) is 22.0. The summed E-state index contributed by atoms with van der Waals surface area (Å²) >= 11 is 0. The van der Waals surface area contributed by atoms with Crippen LogP contribution in [0.15, 0.2) is 0 Å². The Morgan fingerprint density at radius 2 is 1.15 bits per heavy atom. The van der Waals surface area contributed by atoms with Gasteiger partial charge in [-0.15, -0.1) is 0 Å². The Morgan fingerprint density at radius 3 is 1.64 bits per heavy atom. The van der Waals surface area contributed by atoms with Crippen LogP contribution in [0.3, 0.4) is 0 Å². The summed E-state index contributed by atoms with van der Waals surface area (Å²) in [5, 5.41) is 0. The van der Waals surface area contributed by atoms with Gasteiger partial charge in [-0.25, -0.2) is 8.78 Å². The molecule has 1 saturated heterocycles. The molecular weight excluding hydrogens is 430 g/mol. The van der Waals surface area contributed by atoms with Crippen molar-refractivity contribution in [2.45, 2.75) is 129 Å². The zero-order valence-corrected chi connectivity index (χ0v) is 22.0. The Morgan fingerprint density at radius 1 is 0.697 bits per heavy atom. The zero-order chi connectivity index (χ0) is 24.7. The highest BCUT2D eigenvalue weighted by Gasteiger charge is 2.58. The Hall–Kier alpha value is -0.340. The van der Waals surface area contributed by atoms with Crippen molar-refractivity contribution in [2.24, 2.45) is 5.92 Å². The van der Waals surface area contributed by atoms with Gasteiger partial charge in [-0.3, -0.25) is 0 Å². The molecule has 0 bridgehead atoms. The lowest BCUT2D eigenvalue weighted by Crippen LogP contribution is -2.66. The van der Waals surface area contributed by atoms with Gasteiger partial charge in [0.2, 0.25) is 0 Å². The van der Waals surface area contributed by atoms with Gasteiger partial charge >= 0.3 is 0 Å². The lowest BCUT2D eigenvalue weighted by Gasteiger charge is -2.48. The molecule has 5 atom stereocenters. The minimum atomic E-state index is -3.07. The molecule has 5 nitrogen and oxygen atoms in total. The largest absolute Gasteiger partial charge is 0.379 e. The lowest BCUT2D eigenvalue weighted by atomic mass is 9.87. The van der Waals surface area contributed by atoms with E-state index in [0.29, 0.717) is 26.4 Å². The molecule has 0 N–H and O–H groups in total. The summed E-state index contributed by atoms with van der Waals surface area (Å²) in [7, 11) is 0. The van der Waals surface area contributed by atoms with Crippen LogP contribution in [0.2, 0.25) is 0 Å². The average molecular weight is 481 g/mol. The van der Waals surface area contributed by atoms with Crippen molar-refractivity contribution >= 4 is 0 Å². The van der Waals surface area contributed by atoms with Gasteiger partial charge in [-0.2, -0.15) is 0 Å². The normalized spacial score (nSPS) is 26.3. The Balaban J connectivity index is 3.25. The molecule has 198 valence electrons. The first-order valence-electron chi connectivity index (χ1n) is 13.3.